The van der Waals surface area contributed by atoms with Crippen LogP contribution in [-0.2, 0) is 9.53 Å². The number of hydrogen-bond donors (Lipinski definition) is 2. The number of nitrogens with one attached hydrogen (secondary N) is 1. The van der Waals surface area contributed by atoms with Crippen LogP contribution in [0.25, 0.3) is 0 Å². The van der Waals surface area contributed by atoms with E-state index in [-0.39, 0.29) is 5.91 Å². The zero-order valence-corrected chi connectivity index (χ0v) is 20.2. The van der Waals surface area contributed by atoms with Crippen LogP contribution < -0.4 is 14.8 Å². The van der Waals surface area contributed by atoms with E-state index in [1.54, 1.807) is 25.7 Å². The largest absolute Gasteiger partial charge is 0.494 e. The smallest absolute Gasteiger partial charge is 0.408 e. The molecule has 2 amide bonds. The molecule has 0 radical (unpaired) electrons. The van der Waals surface area contributed by atoms with E-state index in [9.17, 15) is 14.7 Å². The minimum Gasteiger partial charge on any atom is -0.494 e. The van der Waals surface area contributed by atoms with Crippen LogP contribution in [0.5, 0.6) is 11.5 Å². The van der Waals surface area contributed by atoms with Gasteiger partial charge in [-0.15, -0.1) is 0 Å². The lowest BCUT2D eigenvalue weighted by molar-refractivity contribution is -0.134. The summed E-state index contributed by atoms with van der Waals surface area (Å²) in [6, 6.07) is 17.8. The third kappa shape index (κ3) is 10.6. The first kappa shape index (κ1) is 27.0. The minimum absolute atomic E-state index is 0.382. The lowest BCUT2D eigenvalue weighted by Crippen LogP contribution is -2.52. The Hall–Kier alpha value is -3.26. The molecule has 0 aliphatic carbocycles. The molecule has 186 valence electrons. The van der Waals surface area contributed by atoms with Gasteiger partial charge in [-0.25, -0.2) is 4.79 Å². The molecule has 2 rings (SSSR count). The second kappa shape index (κ2) is 14.1. The van der Waals surface area contributed by atoms with Gasteiger partial charge in [0.1, 0.15) is 23.1 Å². The number of nitrogens with zero attached hydrogens (tertiary/aromatic N) is 1. The summed E-state index contributed by atoms with van der Waals surface area (Å²) in [5, 5.41) is 12.2. The second-order valence-corrected chi connectivity index (χ2v) is 8.74. The number of aliphatic hydroxyl groups excluding tert-OH is 1. The lowest BCUT2D eigenvalue weighted by atomic mass is 10.2. The van der Waals surface area contributed by atoms with E-state index in [1.165, 1.54) is 0 Å². The highest BCUT2D eigenvalue weighted by Crippen LogP contribution is 2.11. The summed E-state index contributed by atoms with van der Waals surface area (Å²) < 4.78 is 16.7. The number of rotatable bonds is 13. The zero-order valence-electron chi connectivity index (χ0n) is 20.2. The third-order valence-corrected chi connectivity index (χ3v) is 4.65. The lowest BCUT2D eigenvalue weighted by Gasteiger charge is -2.28. The molecular weight excluding hydrogens is 436 g/mol. The van der Waals surface area contributed by atoms with Crippen LogP contribution in [0, 0.1) is 0 Å². The molecule has 8 heteroatoms. The highest BCUT2D eigenvalue weighted by molar-refractivity contribution is 5.85. The SMILES string of the molecule is CC(C)(C)OC(=O)N[C@@H](CO)C(=O)N(CCCOc1ccccc1)CCCOc1ccccc1. The number of aliphatic hydroxyl groups is 1. The zero-order chi connectivity index (χ0) is 24.8. The standard InChI is InChI=1S/C26H36N2O6/c1-26(2,3)34-25(31)27-23(20-29)24(30)28(16-10-18-32-21-12-6-4-7-13-21)17-11-19-33-22-14-8-5-9-15-22/h4-9,12-15,23,29H,10-11,16-20H2,1-3H3,(H,27,31)/t23-/m0/s1. The summed E-state index contributed by atoms with van der Waals surface area (Å²) in [6.07, 6.45) is 0.426. The maximum Gasteiger partial charge on any atom is 0.408 e. The summed E-state index contributed by atoms with van der Waals surface area (Å²) in [5.41, 5.74) is -0.712. The van der Waals surface area contributed by atoms with Gasteiger partial charge in [-0.2, -0.15) is 0 Å². The molecule has 0 aliphatic heterocycles. The Balaban J connectivity index is 1.92. The van der Waals surface area contributed by atoms with Crippen LogP contribution in [0.2, 0.25) is 0 Å². The topological polar surface area (TPSA) is 97.3 Å². The van der Waals surface area contributed by atoms with E-state index in [1.807, 2.05) is 60.7 Å². The maximum atomic E-state index is 13.1. The average molecular weight is 473 g/mol. The van der Waals surface area contributed by atoms with Gasteiger partial charge in [0.2, 0.25) is 5.91 Å². The second-order valence-electron chi connectivity index (χ2n) is 8.74. The Bertz CT molecular complexity index is 807. The molecule has 34 heavy (non-hydrogen) atoms. The Labute approximate surface area is 201 Å². The molecule has 0 heterocycles. The molecule has 8 nitrogen and oxygen atoms in total. The summed E-state index contributed by atoms with van der Waals surface area (Å²) in [4.78, 5) is 26.9. The van der Waals surface area contributed by atoms with Crippen molar-refractivity contribution in [3.05, 3.63) is 60.7 Å². The molecule has 0 aromatic heterocycles. The van der Waals surface area contributed by atoms with Gasteiger partial charge in [-0.05, 0) is 57.9 Å². The van der Waals surface area contributed by atoms with Crippen molar-refractivity contribution < 1.29 is 28.9 Å². The van der Waals surface area contributed by atoms with Crippen molar-refractivity contribution in [2.24, 2.45) is 0 Å². The van der Waals surface area contributed by atoms with Gasteiger partial charge < -0.3 is 29.5 Å². The predicted molar refractivity (Wildman–Crippen MR) is 130 cm³/mol. The van der Waals surface area contributed by atoms with Gasteiger partial charge >= 0.3 is 6.09 Å². The Morgan fingerprint density at radius 3 is 1.76 bits per heavy atom. The summed E-state index contributed by atoms with van der Waals surface area (Å²) in [5.74, 6) is 1.14. The number of carbonyl (C=O) groups is 2. The molecule has 2 N–H and O–H groups in total. The first-order valence-corrected chi connectivity index (χ1v) is 11.5. The average Bonchev–Trinajstić information content (AvgIpc) is 2.81. The minimum atomic E-state index is -1.10. The van der Waals surface area contributed by atoms with Crippen LogP contribution in [-0.4, -0.2) is 66.6 Å². The molecule has 1 atom stereocenters. The molecule has 0 unspecified atom stereocenters. The summed E-state index contributed by atoms with van der Waals surface area (Å²) >= 11 is 0. The van der Waals surface area contributed by atoms with E-state index in [0.29, 0.717) is 39.1 Å². The molecule has 2 aromatic rings. The molecule has 0 aliphatic rings. The van der Waals surface area contributed by atoms with Gasteiger partial charge in [0.05, 0.1) is 19.8 Å². The van der Waals surface area contributed by atoms with E-state index in [4.69, 9.17) is 14.2 Å². The van der Waals surface area contributed by atoms with Gasteiger partial charge in [0, 0.05) is 13.1 Å². The molecule has 0 saturated heterocycles. The first-order valence-electron chi connectivity index (χ1n) is 11.5. The highest BCUT2D eigenvalue weighted by atomic mass is 16.6. The molecule has 0 spiro atoms. The van der Waals surface area contributed by atoms with E-state index in [0.717, 1.165) is 11.5 Å². The number of ether oxygens (including phenoxy) is 3. The molecule has 0 saturated carbocycles. The first-order chi connectivity index (χ1) is 16.3. The molecular formula is C26H36N2O6. The quantitative estimate of drug-likeness (QED) is 0.432. The van der Waals surface area contributed by atoms with Crippen LogP contribution in [0.3, 0.4) is 0 Å². The van der Waals surface area contributed by atoms with Crippen LogP contribution in [0.15, 0.2) is 60.7 Å². The Morgan fingerprint density at radius 2 is 1.35 bits per heavy atom. The number of carbonyl (C=O) groups excluding carboxylic acids is 2. The number of benzene rings is 2. The highest BCUT2D eigenvalue weighted by Gasteiger charge is 2.27. The van der Waals surface area contributed by atoms with Crippen molar-refractivity contribution in [1.82, 2.24) is 10.2 Å². The fourth-order valence-corrected chi connectivity index (χ4v) is 3.11. The summed E-state index contributed by atoms with van der Waals surface area (Å²) in [7, 11) is 0. The van der Waals surface area contributed by atoms with Gasteiger partial charge in [-0.3, -0.25) is 4.79 Å². The molecule has 2 aromatic carbocycles. The van der Waals surface area contributed by atoms with Crippen molar-refractivity contribution in [2.75, 3.05) is 32.9 Å². The van der Waals surface area contributed by atoms with Crippen molar-refractivity contribution in [3.63, 3.8) is 0 Å². The van der Waals surface area contributed by atoms with Gasteiger partial charge in [-0.1, -0.05) is 36.4 Å². The van der Waals surface area contributed by atoms with Crippen LogP contribution in [0.1, 0.15) is 33.6 Å². The number of para-hydroxylation sites is 2. The Morgan fingerprint density at radius 1 is 0.882 bits per heavy atom. The van der Waals surface area contributed by atoms with Crippen LogP contribution in [0.4, 0.5) is 4.79 Å². The van der Waals surface area contributed by atoms with E-state index in [2.05, 4.69) is 5.32 Å². The van der Waals surface area contributed by atoms with Crippen molar-refractivity contribution in [3.8, 4) is 11.5 Å². The fraction of sp³-hybridized carbons (Fsp3) is 0.462. The number of alkyl carbamates (subject to hydrolysis) is 1. The number of amides is 2. The monoisotopic (exact) mass is 472 g/mol. The maximum absolute atomic E-state index is 13.1. The van der Waals surface area contributed by atoms with Crippen molar-refractivity contribution >= 4 is 12.0 Å². The van der Waals surface area contributed by atoms with E-state index < -0.39 is 24.3 Å². The van der Waals surface area contributed by atoms with E-state index >= 15 is 0 Å². The van der Waals surface area contributed by atoms with Gasteiger partial charge in [0.25, 0.3) is 0 Å². The molecule has 0 fully saturated rings. The predicted octanol–water partition coefficient (Wildman–Crippen LogP) is 3.64. The number of hydrogen-bond acceptors (Lipinski definition) is 6. The molecule has 0 bridgehead atoms. The van der Waals surface area contributed by atoms with Crippen molar-refractivity contribution in [1.29, 1.82) is 0 Å². The fourth-order valence-electron chi connectivity index (χ4n) is 3.11. The third-order valence-electron chi connectivity index (χ3n) is 4.65. The van der Waals surface area contributed by atoms with Crippen LogP contribution >= 0.6 is 0 Å². The summed E-state index contributed by atoms with van der Waals surface area (Å²) in [6.45, 7) is 6.33. The normalized spacial score (nSPS) is 11.9. The Kier molecular flexibility index (Phi) is 11.2. The van der Waals surface area contributed by atoms with Crippen molar-refractivity contribution in [2.45, 2.75) is 45.3 Å². The van der Waals surface area contributed by atoms with Gasteiger partial charge in [0.15, 0.2) is 0 Å².